The van der Waals surface area contributed by atoms with Crippen LogP contribution in [0.4, 0.5) is 4.79 Å². The van der Waals surface area contributed by atoms with E-state index in [9.17, 15) is 14.4 Å². The van der Waals surface area contributed by atoms with Gasteiger partial charge in [0.05, 0.1) is 6.54 Å². The molecular weight excluding hydrogens is 334 g/mol. The van der Waals surface area contributed by atoms with Gasteiger partial charge in [-0.1, -0.05) is 30.3 Å². The molecule has 3 rings (SSSR count). The summed E-state index contributed by atoms with van der Waals surface area (Å²) in [6, 6.07) is 8.35. The Hall–Kier alpha value is -2.41. The number of nitrogens with one attached hydrogen (secondary N) is 2. The van der Waals surface area contributed by atoms with E-state index in [1.165, 1.54) is 4.90 Å². The maximum Gasteiger partial charge on any atom is 0.325 e. The zero-order valence-corrected chi connectivity index (χ0v) is 14.8. The Kier molecular flexibility index (Phi) is 6.22. The fourth-order valence-corrected chi connectivity index (χ4v) is 3.26. The highest BCUT2D eigenvalue weighted by molar-refractivity contribution is 6.04. The van der Waals surface area contributed by atoms with Crippen molar-refractivity contribution in [2.24, 2.45) is 5.92 Å². The molecule has 7 nitrogen and oxygen atoms in total. The molecule has 1 aromatic rings. The summed E-state index contributed by atoms with van der Waals surface area (Å²) in [7, 11) is 0. The van der Waals surface area contributed by atoms with Crippen molar-refractivity contribution in [1.29, 1.82) is 0 Å². The van der Waals surface area contributed by atoms with E-state index < -0.39 is 12.1 Å². The van der Waals surface area contributed by atoms with E-state index in [1.807, 2.05) is 30.3 Å². The lowest BCUT2D eigenvalue weighted by atomic mass is 10.0. The third kappa shape index (κ3) is 4.82. The first-order chi connectivity index (χ1) is 12.6. The molecule has 0 aromatic heterocycles. The molecule has 0 unspecified atom stereocenters. The van der Waals surface area contributed by atoms with E-state index in [0.29, 0.717) is 18.9 Å². The number of rotatable bonds is 7. The number of imide groups is 1. The summed E-state index contributed by atoms with van der Waals surface area (Å²) in [6.45, 7) is 2.39. The van der Waals surface area contributed by atoms with E-state index in [1.54, 1.807) is 0 Å². The number of ether oxygens (including phenoxy) is 1. The minimum absolute atomic E-state index is 0.0833. The molecule has 2 aliphatic rings. The zero-order valence-electron chi connectivity index (χ0n) is 14.8. The van der Waals surface area contributed by atoms with Crippen LogP contribution >= 0.6 is 0 Å². The van der Waals surface area contributed by atoms with E-state index in [0.717, 1.165) is 31.6 Å². The molecule has 2 heterocycles. The van der Waals surface area contributed by atoms with Crippen LogP contribution in [-0.2, 0) is 20.9 Å². The quantitative estimate of drug-likeness (QED) is 0.721. The highest BCUT2D eigenvalue weighted by Gasteiger charge is 2.37. The van der Waals surface area contributed by atoms with Crippen molar-refractivity contribution in [3.05, 3.63) is 35.9 Å². The third-order valence-electron chi connectivity index (χ3n) is 4.88. The fraction of sp³-hybridized carbons (Fsp3) is 0.526. The SMILES string of the molecule is O=C(CC[C@H]1NC(=O)N(Cc2ccccc2)C1=O)NCC1CCOCC1. The van der Waals surface area contributed by atoms with Crippen LogP contribution in [0.5, 0.6) is 0 Å². The Balaban J connectivity index is 1.42. The van der Waals surface area contributed by atoms with Crippen LogP contribution in [0.25, 0.3) is 0 Å². The normalized spacial score (nSPS) is 20.9. The molecule has 0 bridgehead atoms. The smallest absolute Gasteiger partial charge is 0.325 e. The number of hydrogen-bond acceptors (Lipinski definition) is 4. The summed E-state index contributed by atoms with van der Waals surface area (Å²) in [5.74, 6) is 0.109. The maximum absolute atomic E-state index is 12.4. The number of urea groups is 1. The molecule has 0 saturated carbocycles. The van der Waals surface area contributed by atoms with Crippen molar-refractivity contribution >= 4 is 17.8 Å². The van der Waals surface area contributed by atoms with E-state index in [4.69, 9.17) is 4.74 Å². The van der Waals surface area contributed by atoms with Crippen molar-refractivity contribution in [3.8, 4) is 0 Å². The van der Waals surface area contributed by atoms with Gasteiger partial charge in [-0.25, -0.2) is 4.79 Å². The van der Waals surface area contributed by atoms with Gasteiger partial charge in [-0.15, -0.1) is 0 Å². The number of nitrogens with zero attached hydrogens (tertiary/aromatic N) is 1. The van der Waals surface area contributed by atoms with Gasteiger partial charge in [-0.3, -0.25) is 14.5 Å². The molecule has 0 aliphatic carbocycles. The lowest BCUT2D eigenvalue weighted by Crippen LogP contribution is -2.35. The van der Waals surface area contributed by atoms with Crippen LogP contribution in [0.1, 0.15) is 31.2 Å². The molecule has 0 radical (unpaired) electrons. The molecule has 4 amide bonds. The van der Waals surface area contributed by atoms with Crippen molar-refractivity contribution in [2.45, 2.75) is 38.3 Å². The second kappa shape index (κ2) is 8.80. The average Bonchev–Trinajstić information content (AvgIpc) is 2.94. The van der Waals surface area contributed by atoms with Gasteiger partial charge in [0.1, 0.15) is 6.04 Å². The Morgan fingerprint density at radius 2 is 1.92 bits per heavy atom. The van der Waals surface area contributed by atoms with Crippen molar-refractivity contribution in [2.75, 3.05) is 19.8 Å². The molecule has 26 heavy (non-hydrogen) atoms. The van der Waals surface area contributed by atoms with Gasteiger partial charge >= 0.3 is 6.03 Å². The highest BCUT2D eigenvalue weighted by Crippen LogP contribution is 2.16. The second-order valence-corrected chi connectivity index (χ2v) is 6.81. The first-order valence-electron chi connectivity index (χ1n) is 9.13. The number of carbonyl (C=O) groups is 3. The van der Waals surface area contributed by atoms with Gasteiger partial charge in [-0.05, 0) is 30.7 Å². The van der Waals surface area contributed by atoms with Crippen LogP contribution in [0, 0.1) is 5.92 Å². The lowest BCUT2D eigenvalue weighted by molar-refractivity contribution is -0.128. The van der Waals surface area contributed by atoms with E-state index in [2.05, 4.69) is 10.6 Å². The Labute approximate surface area is 153 Å². The number of amides is 4. The molecule has 2 fully saturated rings. The van der Waals surface area contributed by atoms with Crippen LogP contribution in [0.3, 0.4) is 0 Å². The first-order valence-corrected chi connectivity index (χ1v) is 9.13. The van der Waals surface area contributed by atoms with Crippen molar-refractivity contribution in [3.63, 3.8) is 0 Å². The minimum Gasteiger partial charge on any atom is -0.381 e. The Morgan fingerprint density at radius 3 is 2.65 bits per heavy atom. The van der Waals surface area contributed by atoms with Crippen LogP contribution in [0.2, 0.25) is 0 Å². The minimum atomic E-state index is -0.625. The Bertz CT molecular complexity index is 643. The van der Waals surface area contributed by atoms with Crippen LogP contribution in [-0.4, -0.2) is 48.5 Å². The van der Waals surface area contributed by atoms with E-state index >= 15 is 0 Å². The van der Waals surface area contributed by atoms with Gasteiger partial charge in [0, 0.05) is 26.2 Å². The van der Waals surface area contributed by atoms with E-state index in [-0.39, 0.29) is 24.8 Å². The largest absolute Gasteiger partial charge is 0.381 e. The summed E-state index contributed by atoms with van der Waals surface area (Å²) in [6.07, 6.45) is 2.46. The molecule has 1 aromatic carbocycles. The zero-order chi connectivity index (χ0) is 18.4. The summed E-state index contributed by atoms with van der Waals surface area (Å²) < 4.78 is 5.30. The van der Waals surface area contributed by atoms with Crippen molar-refractivity contribution in [1.82, 2.24) is 15.5 Å². The van der Waals surface area contributed by atoms with Gasteiger partial charge in [-0.2, -0.15) is 0 Å². The van der Waals surface area contributed by atoms with Gasteiger partial charge in [0.25, 0.3) is 5.91 Å². The molecule has 2 saturated heterocycles. The van der Waals surface area contributed by atoms with Crippen LogP contribution < -0.4 is 10.6 Å². The molecular formula is C19H25N3O4. The molecule has 2 N–H and O–H groups in total. The topological polar surface area (TPSA) is 87.7 Å². The lowest BCUT2D eigenvalue weighted by Gasteiger charge is -2.22. The predicted octanol–water partition coefficient (Wildman–Crippen LogP) is 1.43. The Morgan fingerprint density at radius 1 is 1.19 bits per heavy atom. The maximum atomic E-state index is 12.4. The molecule has 140 valence electrons. The number of benzene rings is 1. The summed E-state index contributed by atoms with van der Waals surface area (Å²) in [5.41, 5.74) is 0.894. The number of carbonyl (C=O) groups excluding carboxylic acids is 3. The molecule has 1 atom stereocenters. The monoisotopic (exact) mass is 359 g/mol. The first kappa shape index (κ1) is 18.4. The highest BCUT2D eigenvalue weighted by atomic mass is 16.5. The molecule has 0 spiro atoms. The molecule has 2 aliphatic heterocycles. The average molecular weight is 359 g/mol. The standard InChI is InChI=1S/C19H25N3O4/c23-17(20-12-14-8-10-26-11-9-14)7-6-16-18(24)22(19(25)21-16)13-15-4-2-1-3-5-15/h1-5,14,16H,6-13H2,(H,20,23)(H,21,25)/t16-/m1/s1. The number of hydrogen-bond donors (Lipinski definition) is 2. The summed E-state index contributed by atoms with van der Waals surface area (Å²) in [5, 5.41) is 5.60. The van der Waals surface area contributed by atoms with Crippen molar-refractivity contribution < 1.29 is 19.1 Å². The third-order valence-corrected chi connectivity index (χ3v) is 4.88. The summed E-state index contributed by atoms with van der Waals surface area (Å²) >= 11 is 0. The summed E-state index contributed by atoms with van der Waals surface area (Å²) in [4.78, 5) is 37.7. The van der Waals surface area contributed by atoms with Gasteiger partial charge < -0.3 is 15.4 Å². The van der Waals surface area contributed by atoms with Gasteiger partial charge in [0.2, 0.25) is 5.91 Å². The second-order valence-electron chi connectivity index (χ2n) is 6.81. The van der Waals surface area contributed by atoms with Gasteiger partial charge in [0.15, 0.2) is 0 Å². The fourth-order valence-electron chi connectivity index (χ4n) is 3.26. The van der Waals surface area contributed by atoms with Crippen LogP contribution in [0.15, 0.2) is 30.3 Å². The predicted molar refractivity (Wildman–Crippen MR) is 95.1 cm³/mol. The molecule has 7 heteroatoms.